The van der Waals surface area contributed by atoms with Gasteiger partial charge >= 0.3 is 18.0 Å². The molecule has 0 aromatic heterocycles. The molecule has 0 aliphatic carbocycles. The highest BCUT2D eigenvalue weighted by Gasteiger charge is 2.21. The van der Waals surface area contributed by atoms with Crippen LogP contribution in [0.15, 0.2) is 72.8 Å². The molecule has 3 rings (SSSR count). The monoisotopic (exact) mass is 505 g/mol. The molecular formula is C29H31NO7. The predicted octanol–water partition coefficient (Wildman–Crippen LogP) is 5.08. The van der Waals surface area contributed by atoms with Gasteiger partial charge in [-0.2, -0.15) is 0 Å². The highest BCUT2D eigenvalue weighted by molar-refractivity contribution is 5.91. The van der Waals surface area contributed by atoms with Crippen LogP contribution in [-0.2, 0) is 16.1 Å². The van der Waals surface area contributed by atoms with Crippen molar-refractivity contribution in [3.63, 3.8) is 0 Å². The second-order valence-electron chi connectivity index (χ2n) is 8.97. The Morgan fingerprint density at radius 1 is 0.892 bits per heavy atom. The second-order valence-corrected chi connectivity index (χ2v) is 8.97. The summed E-state index contributed by atoms with van der Waals surface area (Å²) in [5.41, 5.74) is 2.51. The van der Waals surface area contributed by atoms with Crippen molar-refractivity contribution in [2.45, 2.75) is 33.5 Å². The van der Waals surface area contributed by atoms with Gasteiger partial charge in [-0.3, -0.25) is 4.79 Å². The van der Waals surface area contributed by atoms with Crippen molar-refractivity contribution in [1.29, 1.82) is 0 Å². The van der Waals surface area contributed by atoms with Crippen LogP contribution in [0.25, 0.3) is 0 Å². The fourth-order valence-electron chi connectivity index (χ4n) is 3.24. The number of carbonyl (C=O) groups excluding carboxylic acids is 3. The zero-order valence-corrected chi connectivity index (χ0v) is 21.3. The van der Waals surface area contributed by atoms with E-state index in [0.717, 1.165) is 11.1 Å². The second kappa shape index (κ2) is 12.7. The number of esters is 2. The topological polar surface area (TPSA) is 102 Å². The number of carbonyl (C=O) groups is 3. The van der Waals surface area contributed by atoms with Gasteiger partial charge in [0.2, 0.25) is 0 Å². The molecular weight excluding hydrogens is 474 g/mol. The minimum Gasteiger partial charge on any atom is -0.445 e. The third-order valence-corrected chi connectivity index (χ3v) is 5.49. The van der Waals surface area contributed by atoms with Crippen LogP contribution < -0.4 is 9.47 Å². The molecule has 0 saturated carbocycles. The third kappa shape index (κ3) is 7.91. The standard InChI is InChI=1S/C29H31NO7/c1-19(2)27(32)36-25-15-14-23(16-26(25)37-28(33)22-12-10-20(3)11-13-22)24(31)17-30(4)29(34)35-18-21-8-6-5-7-9-21/h5-16,19,24,31H,17-18H2,1-4H3. The van der Waals surface area contributed by atoms with Crippen molar-refractivity contribution in [3.8, 4) is 11.5 Å². The van der Waals surface area contributed by atoms with Crippen LogP contribution in [0.5, 0.6) is 11.5 Å². The SMILES string of the molecule is Cc1ccc(C(=O)Oc2cc(C(O)CN(C)C(=O)OCc3ccccc3)ccc2OC(=O)C(C)C)cc1. The van der Waals surface area contributed by atoms with E-state index in [9.17, 15) is 19.5 Å². The summed E-state index contributed by atoms with van der Waals surface area (Å²) in [4.78, 5) is 38.6. The van der Waals surface area contributed by atoms with Crippen LogP contribution >= 0.6 is 0 Å². The number of rotatable bonds is 9. The first-order valence-corrected chi connectivity index (χ1v) is 11.9. The molecule has 0 fully saturated rings. The number of hydrogen-bond acceptors (Lipinski definition) is 7. The number of aryl methyl sites for hydroxylation is 1. The minimum absolute atomic E-state index is 0.0227. The highest BCUT2D eigenvalue weighted by Crippen LogP contribution is 2.32. The molecule has 0 spiro atoms. The van der Waals surface area contributed by atoms with E-state index in [-0.39, 0.29) is 24.7 Å². The molecule has 0 aliphatic rings. The molecule has 0 bridgehead atoms. The van der Waals surface area contributed by atoms with E-state index < -0.39 is 30.1 Å². The zero-order chi connectivity index (χ0) is 26.9. The molecule has 1 amide bonds. The Balaban J connectivity index is 1.74. The van der Waals surface area contributed by atoms with E-state index in [1.807, 2.05) is 37.3 Å². The highest BCUT2D eigenvalue weighted by atomic mass is 16.6. The Kier molecular flexibility index (Phi) is 9.40. The Hall–Kier alpha value is -4.17. The summed E-state index contributed by atoms with van der Waals surface area (Å²) in [6.07, 6.45) is -1.72. The van der Waals surface area contributed by atoms with Gasteiger partial charge in [-0.25, -0.2) is 9.59 Å². The first kappa shape index (κ1) is 27.4. The van der Waals surface area contributed by atoms with Crippen LogP contribution in [0, 0.1) is 12.8 Å². The molecule has 8 heteroatoms. The molecule has 0 aliphatic heterocycles. The average Bonchev–Trinajstić information content (AvgIpc) is 2.88. The molecule has 3 aromatic rings. The van der Waals surface area contributed by atoms with Gasteiger partial charge < -0.3 is 24.2 Å². The number of ether oxygens (including phenoxy) is 3. The largest absolute Gasteiger partial charge is 0.445 e. The lowest BCUT2D eigenvalue weighted by atomic mass is 10.1. The Bertz CT molecular complexity index is 1220. The van der Waals surface area contributed by atoms with Crippen LogP contribution in [0.4, 0.5) is 4.79 Å². The summed E-state index contributed by atoms with van der Waals surface area (Å²) in [6, 6.07) is 20.5. The third-order valence-electron chi connectivity index (χ3n) is 5.49. The van der Waals surface area contributed by atoms with Crippen molar-refractivity contribution in [2.24, 2.45) is 5.92 Å². The molecule has 194 valence electrons. The van der Waals surface area contributed by atoms with Gasteiger partial charge in [-0.05, 0) is 42.3 Å². The number of amides is 1. The molecule has 1 atom stereocenters. The number of nitrogens with zero attached hydrogens (tertiary/aromatic N) is 1. The number of benzene rings is 3. The van der Waals surface area contributed by atoms with Crippen LogP contribution in [0.2, 0.25) is 0 Å². The number of aliphatic hydroxyl groups is 1. The molecule has 37 heavy (non-hydrogen) atoms. The average molecular weight is 506 g/mol. The first-order valence-electron chi connectivity index (χ1n) is 11.9. The van der Waals surface area contributed by atoms with Crippen molar-refractivity contribution in [3.05, 3.63) is 95.1 Å². The summed E-state index contributed by atoms with van der Waals surface area (Å²) in [5.74, 6) is -1.52. The van der Waals surface area contributed by atoms with E-state index in [4.69, 9.17) is 14.2 Å². The molecule has 0 heterocycles. The molecule has 8 nitrogen and oxygen atoms in total. The maximum absolute atomic E-state index is 12.7. The van der Waals surface area contributed by atoms with Crippen molar-refractivity contribution in [2.75, 3.05) is 13.6 Å². The predicted molar refractivity (Wildman–Crippen MR) is 137 cm³/mol. The zero-order valence-electron chi connectivity index (χ0n) is 21.3. The van der Waals surface area contributed by atoms with E-state index in [1.165, 1.54) is 24.1 Å². The summed E-state index contributed by atoms with van der Waals surface area (Å²) in [7, 11) is 1.51. The lowest BCUT2D eigenvalue weighted by Crippen LogP contribution is -2.31. The summed E-state index contributed by atoms with van der Waals surface area (Å²) in [5, 5.41) is 10.8. The van der Waals surface area contributed by atoms with Gasteiger partial charge in [0, 0.05) is 7.05 Å². The lowest BCUT2D eigenvalue weighted by Gasteiger charge is -2.21. The summed E-state index contributed by atoms with van der Waals surface area (Å²) in [6.45, 7) is 5.30. The molecule has 0 saturated heterocycles. The van der Waals surface area contributed by atoms with Gasteiger partial charge in [0.15, 0.2) is 11.5 Å². The number of aliphatic hydroxyl groups excluding tert-OH is 1. The van der Waals surface area contributed by atoms with E-state index >= 15 is 0 Å². The first-order chi connectivity index (χ1) is 17.6. The Labute approximate surface area is 216 Å². The molecule has 1 N–H and O–H groups in total. The van der Waals surface area contributed by atoms with Crippen molar-refractivity contribution < 1.29 is 33.7 Å². The fourth-order valence-corrected chi connectivity index (χ4v) is 3.24. The van der Waals surface area contributed by atoms with Crippen molar-refractivity contribution in [1.82, 2.24) is 4.90 Å². The molecule has 0 radical (unpaired) electrons. The smallest absolute Gasteiger partial charge is 0.409 e. The molecule has 3 aromatic carbocycles. The maximum Gasteiger partial charge on any atom is 0.409 e. The van der Waals surface area contributed by atoms with Gasteiger partial charge in [0.1, 0.15) is 6.61 Å². The van der Waals surface area contributed by atoms with E-state index in [0.29, 0.717) is 11.1 Å². The Morgan fingerprint density at radius 2 is 1.57 bits per heavy atom. The fraction of sp³-hybridized carbons (Fsp3) is 0.276. The van der Waals surface area contributed by atoms with Gasteiger partial charge in [-0.1, -0.05) is 67.9 Å². The number of likely N-dealkylation sites (N-methyl/N-ethyl adjacent to an activating group) is 1. The lowest BCUT2D eigenvalue weighted by molar-refractivity contribution is -0.137. The quantitative estimate of drug-likeness (QED) is 0.320. The van der Waals surface area contributed by atoms with Crippen LogP contribution in [0.3, 0.4) is 0 Å². The van der Waals surface area contributed by atoms with E-state index in [1.54, 1.807) is 44.2 Å². The Morgan fingerprint density at radius 3 is 2.22 bits per heavy atom. The van der Waals surface area contributed by atoms with Gasteiger partial charge in [0.05, 0.1) is 24.1 Å². The summed E-state index contributed by atoms with van der Waals surface area (Å²) < 4.78 is 16.3. The molecule has 1 unspecified atom stereocenters. The van der Waals surface area contributed by atoms with E-state index in [2.05, 4.69) is 0 Å². The minimum atomic E-state index is -1.12. The van der Waals surface area contributed by atoms with Crippen LogP contribution in [0.1, 0.15) is 47.0 Å². The van der Waals surface area contributed by atoms with Gasteiger partial charge in [-0.15, -0.1) is 0 Å². The number of hydrogen-bond donors (Lipinski definition) is 1. The maximum atomic E-state index is 12.7. The normalized spacial score (nSPS) is 11.5. The van der Waals surface area contributed by atoms with Crippen LogP contribution in [-0.4, -0.2) is 41.6 Å². The van der Waals surface area contributed by atoms with Gasteiger partial charge in [0.25, 0.3) is 0 Å². The van der Waals surface area contributed by atoms with Crippen molar-refractivity contribution >= 4 is 18.0 Å². The summed E-state index contributed by atoms with van der Waals surface area (Å²) >= 11 is 0.